The molecule has 0 aromatic heterocycles. The van der Waals surface area contributed by atoms with Crippen molar-refractivity contribution in [1.82, 2.24) is 0 Å². The van der Waals surface area contributed by atoms with Crippen molar-refractivity contribution in [1.29, 1.82) is 0 Å². The average Bonchev–Trinajstić information content (AvgIpc) is 3.03. The number of fused-ring (bicyclic) bond motifs is 1. The third-order valence-electron chi connectivity index (χ3n) is 3.78. The molecule has 0 spiro atoms. The van der Waals surface area contributed by atoms with E-state index in [0.29, 0.717) is 0 Å². The minimum atomic E-state index is -4.26. The second kappa shape index (κ2) is 3.48. The zero-order valence-corrected chi connectivity index (χ0v) is 9.26. The van der Waals surface area contributed by atoms with Gasteiger partial charge in [0.25, 0.3) is 0 Å². The molecule has 2 atom stereocenters. The quantitative estimate of drug-likeness (QED) is 0.681. The molecule has 1 nitrogen and oxygen atoms in total. The van der Waals surface area contributed by atoms with E-state index in [1.807, 2.05) is 0 Å². The summed E-state index contributed by atoms with van der Waals surface area (Å²) in [5.74, 6) is 0. The summed E-state index contributed by atoms with van der Waals surface area (Å²) in [6.45, 7) is 0. The Labute approximate surface area is 97.6 Å². The van der Waals surface area contributed by atoms with Gasteiger partial charge in [-0.05, 0) is 30.5 Å². The van der Waals surface area contributed by atoms with E-state index in [1.54, 1.807) is 12.1 Å². The van der Waals surface area contributed by atoms with Gasteiger partial charge in [0.2, 0.25) is 0 Å². The fraction of sp³-hybridized carbons (Fsp3) is 0.538. The highest BCUT2D eigenvalue weighted by Crippen LogP contribution is 2.55. The third-order valence-corrected chi connectivity index (χ3v) is 3.78. The second-order valence-electron chi connectivity index (χ2n) is 4.82. The number of epoxide rings is 1. The van der Waals surface area contributed by atoms with E-state index in [-0.39, 0.29) is 11.7 Å². The van der Waals surface area contributed by atoms with Crippen LogP contribution in [0.25, 0.3) is 0 Å². The predicted molar refractivity (Wildman–Crippen MR) is 56.5 cm³/mol. The third kappa shape index (κ3) is 1.75. The lowest BCUT2D eigenvalue weighted by Crippen LogP contribution is -2.17. The Kier molecular flexibility index (Phi) is 2.27. The largest absolute Gasteiger partial charge is 0.416 e. The lowest BCUT2D eigenvalue weighted by Gasteiger charge is -2.18. The highest BCUT2D eigenvalue weighted by molar-refractivity contribution is 5.33. The van der Waals surface area contributed by atoms with Gasteiger partial charge >= 0.3 is 6.18 Å². The number of alkyl halides is 3. The summed E-state index contributed by atoms with van der Waals surface area (Å²) < 4.78 is 43.0. The van der Waals surface area contributed by atoms with Gasteiger partial charge in [0, 0.05) is 0 Å². The molecular formula is C13H13F3O. The molecule has 92 valence electrons. The number of halogens is 3. The van der Waals surface area contributed by atoms with Crippen molar-refractivity contribution in [3.8, 4) is 0 Å². The van der Waals surface area contributed by atoms with Crippen LogP contribution < -0.4 is 0 Å². The molecule has 2 unspecified atom stereocenters. The van der Waals surface area contributed by atoms with Gasteiger partial charge in [0.15, 0.2) is 0 Å². The van der Waals surface area contributed by atoms with Gasteiger partial charge in [-0.3, -0.25) is 0 Å². The lowest BCUT2D eigenvalue weighted by atomic mass is 9.83. The summed E-state index contributed by atoms with van der Waals surface area (Å²) in [5.41, 5.74) is 0.0448. The molecule has 4 heteroatoms. The van der Waals surface area contributed by atoms with E-state index >= 15 is 0 Å². The number of ether oxygens (including phenoxy) is 1. The van der Waals surface area contributed by atoms with Crippen molar-refractivity contribution < 1.29 is 17.9 Å². The summed E-state index contributed by atoms with van der Waals surface area (Å²) in [7, 11) is 0. The molecule has 1 aromatic carbocycles. The van der Waals surface area contributed by atoms with Crippen LogP contribution in [0.2, 0.25) is 0 Å². The van der Waals surface area contributed by atoms with Gasteiger partial charge in [-0.25, -0.2) is 0 Å². The normalized spacial score (nSPS) is 32.1. The number of benzene rings is 1. The van der Waals surface area contributed by atoms with Crippen molar-refractivity contribution in [3.63, 3.8) is 0 Å². The van der Waals surface area contributed by atoms with Gasteiger partial charge in [-0.1, -0.05) is 25.0 Å². The van der Waals surface area contributed by atoms with Crippen LogP contribution in [0.1, 0.15) is 36.8 Å². The average molecular weight is 242 g/mol. The Bertz CT molecular complexity index is 423. The summed E-state index contributed by atoms with van der Waals surface area (Å²) in [6.07, 6.45) is 0.189. The molecule has 1 saturated heterocycles. The second-order valence-corrected chi connectivity index (χ2v) is 4.82. The Balaban J connectivity index is 1.86. The van der Waals surface area contributed by atoms with Crippen molar-refractivity contribution in [2.45, 2.75) is 43.6 Å². The van der Waals surface area contributed by atoms with Crippen molar-refractivity contribution >= 4 is 0 Å². The zero-order valence-electron chi connectivity index (χ0n) is 9.26. The summed E-state index contributed by atoms with van der Waals surface area (Å²) in [6, 6.07) is 5.43. The molecule has 0 N–H and O–H groups in total. The van der Waals surface area contributed by atoms with Gasteiger partial charge in [0.1, 0.15) is 5.60 Å². The molecule has 1 heterocycles. The highest BCUT2D eigenvalue weighted by atomic mass is 19.4. The van der Waals surface area contributed by atoms with Crippen LogP contribution in [0.15, 0.2) is 24.3 Å². The van der Waals surface area contributed by atoms with Gasteiger partial charge in [-0.15, -0.1) is 0 Å². The molecular weight excluding hydrogens is 229 g/mol. The smallest absolute Gasteiger partial charge is 0.361 e. The maximum atomic E-state index is 12.4. The van der Waals surface area contributed by atoms with Crippen LogP contribution in [-0.4, -0.2) is 6.10 Å². The monoisotopic (exact) mass is 242 g/mol. The molecule has 1 aliphatic heterocycles. The van der Waals surface area contributed by atoms with Crippen LogP contribution in [0, 0.1) is 0 Å². The first-order chi connectivity index (χ1) is 8.02. The summed E-state index contributed by atoms with van der Waals surface area (Å²) in [4.78, 5) is 0. The van der Waals surface area contributed by atoms with Gasteiger partial charge in [0.05, 0.1) is 11.7 Å². The molecule has 1 aromatic rings. The summed E-state index contributed by atoms with van der Waals surface area (Å²) in [5, 5.41) is 0. The topological polar surface area (TPSA) is 12.5 Å². The van der Waals surface area contributed by atoms with E-state index in [2.05, 4.69) is 0 Å². The van der Waals surface area contributed by atoms with E-state index < -0.39 is 11.7 Å². The summed E-state index contributed by atoms with van der Waals surface area (Å²) >= 11 is 0. The van der Waals surface area contributed by atoms with E-state index in [0.717, 1.165) is 43.4 Å². The fourth-order valence-corrected chi connectivity index (χ4v) is 2.79. The van der Waals surface area contributed by atoms with E-state index in [1.165, 1.54) is 0 Å². The fourth-order valence-electron chi connectivity index (χ4n) is 2.79. The molecule has 0 radical (unpaired) electrons. The van der Waals surface area contributed by atoms with Crippen molar-refractivity contribution in [2.24, 2.45) is 0 Å². The van der Waals surface area contributed by atoms with Crippen LogP contribution in [0.5, 0.6) is 0 Å². The first-order valence-electron chi connectivity index (χ1n) is 5.88. The SMILES string of the molecule is FC(F)(F)c1ccc(C23CCCCC2O3)cc1. The van der Waals surface area contributed by atoms with Crippen molar-refractivity contribution in [3.05, 3.63) is 35.4 Å². The van der Waals surface area contributed by atoms with Crippen molar-refractivity contribution in [2.75, 3.05) is 0 Å². The Morgan fingerprint density at radius 3 is 2.41 bits per heavy atom. The van der Waals surface area contributed by atoms with Gasteiger partial charge in [-0.2, -0.15) is 13.2 Å². The van der Waals surface area contributed by atoms with Crippen LogP contribution in [-0.2, 0) is 16.5 Å². The first kappa shape index (κ1) is 11.1. The Morgan fingerprint density at radius 2 is 1.82 bits per heavy atom. The lowest BCUT2D eigenvalue weighted by molar-refractivity contribution is -0.137. The molecule has 0 bridgehead atoms. The van der Waals surface area contributed by atoms with Crippen LogP contribution in [0.3, 0.4) is 0 Å². The number of hydrogen-bond acceptors (Lipinski definition) is 1. The molecule has 0 amide bonds. The standard InChI is InChI=1S/C13H13F3O/c14-13(15,16)10-6-4-9(5-7-10)12-8-2-1-3-11(12)17-12/h4-7,11H,1-3,8H2. The number of rotatable bonds is 1. The van der Waals surface area contributed by atoms with Gasteiger partial charge < -0.3 is 4.74 Å². The highest BCUT2D eigenvalue weighted by Gasteiger charge is 2.58. The molecule has 1 saturated carbocycles. The number of hydrogen-bond donors (Lipinski definition) is 0. The molecule has 2 aliphatic rings. The first-order valence-corrected chi connectivity index (χ1v) is 5.88. The zero-order chi connectivity index (χ0) is 12.1. The maximum Gasteiger partial charge on any atom is 0.416 e. The molecule has 17 heavy (non-hydrogen) atoms. The Hall–Kier alpha value is -1.03. The minimum Gasteiger partial charge on any atom is -0.361 e. The Morgan fingerprint density at radius 1 is 1.12 bits per heavy atom. The van der Waals surface area contributed by atoms with E-state index in [9.17, 15) is 13.2 Å². The minimum absolute atomic E-state index is 0.230. The molecule has 2 fully saturated rings. The molecule has 1 aliphatic carbocycles. The van der Waals surface area contributed by atoms with Crippen LogP contribution >= 0.6 is 0 Å². The van der Waals surface area contributed by atoms with E-state index in [4.69, 9.17) is 4.74 Å². The molecule has 3 rings (SSSR count). The van der Waals surface area contributed by atoms with Crippen LogP contribution in [0.4, 0.5) is 13.2 Å². The predicted octanol–water partition coefficient (Wildman–Crippen LogP) is 3.87. The maximum absolute atomic E-state index is 12.4.